The highest BCUT2D eigenvalue weighted by Gasteiger charge is 2.24. The number of hydrogen-bond donors (Lipinski definition) is 2. The molecule has 0 heterocycles. The summed E-state index contributed by atoms with van der Waals surface area (Å²) in [5, 5.41) is 13.1. The van der Waals surface area contributed by atoms with Crippen LogP contribution >= 0.6 is 0 Å². The molecule has 0 fully saturated rings. The van der Waals surface area contributed by atoms with Gasteiger partial charge in [0.2, 0.25) is 0 Å². The highest BCUT2D eigenvalue weighted by molar-refractivity contribution is 4.85. The second-order valence-electron chi connectivity index (χ2n) is 6.58. The number of nitrogens with zero attached hydrogens (tertiary/aromatic N) is 2. The van der Waals surface area contributed by atoms with Gasteiger partial charge in [0.05, 0.1) is 6.61 Å². The molecule has 21 heavy (non-hydrogen) atoms. The summed E-state index contributed by atoms with van der Waals surface area (Å²) >= 11 is 0. The summed E-state index contributed by atoms with van der Waals surface area (Å²) in [6, 6.07) is 0.403. The third-order valence-corrected chi connectivity index (χ3v) is 4.26. The highest BCUT2D eigenvalue weighted by Crippen LogP contribution is 2.11. The molecule has 1 unspecified atom stereocenters. The number of nitrogens with one attached hydrogen (secondary N) is 1. The van der Waals surface area contributed by atoms with Crippen molar-refractivity contribution >= 4 is 0 Å². The quantitative estimate of drug-likeness (QED) is 0.547. The van der Waals surface area contributed by atoms with Gasteiger partial charge in [-0.1, -0.05) is 34.6 Å². The highest BCUT2D eigenvalue weighted by atomic mass is 16.3. The summed E-state index contributed by atoms with van der Waals surface area (Å²) in [6.45, 7) is 20.0. The predicted octanol–water partition coefficient (Wildman–Crippen LogP) is 2.18. The van der Waals surface area contributed by atoms with Crippen molar-refractivity contribution in [1.29, 1.82) is 0 Å². The summed E-state index contributed by atoms with van der Waals surface area (Å²) in [7, 11) is 0. The number of aliphatic hydroxyl groups excluding tert-OH is 1. The topological polar surface area (TPSA) is 38.7 Å². The standard InChI is InChI=1S/C17H39N3O/c1-7-19(8-2)12-10-13-20(9-3)14-11-17(6,15-21)18-16(4)5/h16,18,21H,7-15H2,1-6H3. The molecule has 1 atom stereocenters. The molecule has 2 N–H and O–H groups in total. The summed E-state index contributed by atoms with van der Waals surface area (Å²) in [6.07, 6.45) is 2.21. The third-order valence-electron chi connectivity index (χ3n) is 4.26. The lowest BCUT2D eigenvalue weighted by Crippen LogP contribution is -2.51. The van der Waals surface area contributed by atoms with Crippen LogP contribution in [0.5, 0.6) is 0 Å². The molecule has 4 heteroatoms. The first kappa shape index (κ1) is 20.8. The molecule has 0 aliphatic carbocycles. The van der Waals surface area contributed by atoms with Crippen molar-refractivity contribution in [3.8, 4) is 0 Å². The average Bonchev–Trinajstić information content (AvgIpc) is 2.46. The zero-order chi connectivity index (χ0) is 16.3. The van der Waals surface area contributed by atoms with Gasteiger partial charge in [0.25, 0.3) is 0 Å². The van der Waals surface area contributed by atoms with Gasteiger partial charge in [0.1, 0.15) is 0 Å². The Morgan fingerprint density at radius 3 is 1.90 bits per heavy atom. The van der Waals surface area contributed by atoms with E-state index in [0.29, 0.717) is 6.04 Å². The molecule has 0 rings (SSSR count). The van der Waals surface area contributed by atoms with Crippen molar-refractivity contribution in [2.75, 3.05) is 45.9 Å². The molecule has 0 bridgehead atoms. The maximum Gasteiger partial charge on any atom is 0.0611 e. The molecule has 0 aliphatic rings. The van der Waals surface area contributed by atoms with Gasteiger partial charge in [-0.05, 0) is 59.0 Å². The van der Waals surface area contributed by atoms with E-state index in [1.54, 1.807) is 0 Å². The van der Waals surface area contributed by atoms with Gasteiger partial charge in [-0.15, -0.1) is 0 Å². The van der Waals surface area contributed by atoms with Crippen molar-refractivity contribution < 1.29 is 5.11 Å². The van der Waals surface area contributed by atoms with Crippen molar-refractivity contribution in [2.24, 2.45) is 0 Å². The van der Waals surface area contributed by atoms with E-state index >= 15 is 0 Å². The minimum atomic E-state index is -0.166. The number of hydrogen-bond acceptors (Lipinski definition) is 4. The molecule has 0 aromatic carbocycles. The lowest BCUT2D eigenvalue weighted by molar-refractivity contribution is 0.137. The molecule has 0 aromatic rings. The maximum absolute atomic E-state index is 9.64. The van der Waals surface area contributed by atoms with Crippen LogP contribution in [0.2, 0.25) is 0 Å². The summed E-state index contributed by atoms with van der Waals surface area (Å²) < 4.78 is 0. The second-order valence-corrected chi connectivity index (χ2v) is 6.58. The van der Waals surface area contributed by atoms with Crippen LogP contribution in [0.15, 0.2) is 0 Å². The lowest BCUT2D eigenvalue weighted by Gasteiger charge is -2.33. The Morgan fingerprint density at radius 1 is 0.952 bits per heavy atom. The molecule has 0 saturated carbocycles. The van der Waals surface area contributed by atoms with E-state index < -0.39 is 0 Å². The average molecular weight is 302 g/mol. The van der Waals surface area contributed by atoms with Gasteiger partial charge in [0, 0.05) is 11.6 Å². The molecule has 0 aromatic heterocycles. The van der Waals surface area contributed by atoms with E-state index in [0.717, 1.165) is 39.1 Å². The fourth-order valence-electron chi connectivity index (χ4n) is 2.78. The van der Waals surface area contributed by atoms with Crippen LogP contribution in [-0.4, -0.2) is 72.4 Å². The summed E-state index contributed by atoms with van der Waals surface area (Å²) in [5.41, 5.74) is -0.166. The van der Waals surface area contributed by atoms with E-state index in [1.807, 2.05) is 0 Å². The van der Waals surface area contributed by atoms with Crippen LogP contribution in [0.1, 0.15) is 54.4 Å². The van der Waals surface area contributed by atoms with E-state index in [4.69, 9.17) is 0 Å². The monoisotopic (exact) mass is 301 g/mol. The number of aliphatic hydroxyl groups is 1. The van der Waals surface area contributed by atoms with E-state index in [-0.39, 0.29) is 12.1 Å². The van der Waals surface area contributed by atoms with Gasteiger partial charge >= 0.3 is 0 Å². The van der Waals surface area contributed by atoms with Crippen LogP contribution in [0, 0.1) is 0 Å². The van der Waals surface area contributed by atoms with E-state index in [1.165, 1.54) is 13.0 Å². The molecule has 0 spiro atoms. The fraction of sp³-hybridized carbons (Fsp3) is 1.00. The van der Waals surface area contributed by atoms with Crippen LogP contribution in [-0.2, 0) is 0 Å². The smallest absolute Gasteiger partial charge is 0.0611 e. The van der Waals surface area contributed by atoms with Crippen molar-refractivity contribution in [1.82, 2.24) is 15.1 Å². The molecule has 0 radical (unpaired) electrons. The van der Waals surface area contributed by atoms with Crippen molar-refractivity contribution in [3.63, 3.8) is 0 Å². The largest absolute Gasteiger partial charge is 0.394 e. The van der Waals surface area contributed by atoms with Gasteiger partial charge < -0.3 is 20.2 Å². The van der Waals surface area contributed by atoms with Crippen molar-refractivity contribution in [3.05, 3.63) is 0 Å². The fourth-order valence-corrected chi connectivity index (χ4v) is 2.78. The Bertz CT molecular complexity index is 244. The molecule has 0 amide bonds. The Hall–Kier alpha value is -0.160. The second kappa shape index (κ2) is 11.4. The van der Waals surface area contributed by atoms with Crippen LogP contribution in [0.25, 0.3) is 0 Å². The van der Waals surface area contributed by atoms with E-state index in [2.05, 4.69) is 56.7 Å². The van der Waals surface area contributed by atoms with Gasteiger partial charge in [0.15, 0.2) is 0 Å². The van der Waals surface area contributed by atoms with Crippen LogP contribution in [0.4, 0.5) is 0 Å². The Labute approximate surface area is 132 Å². The molecular formula is C17H39N3O. The van der Waals surface area contributed by atoms with E-state index in [9.17, 15) is 5.11 Å². The van der Waals surface area contributed by atoms with Gasteiger partial charge in [-0.3, -0.25) is 0 Å². The van der Waals surface area contributed by atoms with Crippen LogP contribution < -0.4 is 5.32 Å². The first-order chi connectivity index (χ1) is 9.90. The third kappa shape index (κ3) is 9.46. The molecule has 0 saturated heterocycles. The molecular weight excluding hydrogens is 262 g/mol. The summed E-state index contributed by atoms with van der Waals surface area (Å²) in [5.74, 6) is 0. The Morgan fingerprint density at radius 2 is 1.48 bits per heavy atom. The predicted molar refractivity (Wildman–Crippen MR) is 92.9 cm³/mol. The Kier molecular flexibility index (Phi) is 11.3. The van der Waals surface area contributed by atoms with Gasteiger partial charge in [-0.2, -0.15) is 0 Å². The lowest BCUT2D eigenvalue weighted by atomic mass is 9.97. The number of rotatable bonds is 13. The zero-order valence-corrected chi connectivity index (χ0v) is 15.3. The zero-order valence-electron chi connectivity index (χ0n) is 15.3. The first-order valence-corrected chi connectivity index (χ1v) is 8.74. The molecule has 0 aliphatic heterocycles. The maximum atomic E-state index is 9.64. The normalized spacial score (nSPS) is 15.1. The minimum absolute atomic E-state index is 0.166. The van der Waals surface area contributed by atoms with Crippen molar-refractivity contribution in [2.45, 2.75) is 66.0 Å². The van der Waals surface area contributed by atoms with Crippen LogP contribution in [0.3, 0.4) is 0 Å². The SMILES string of the molecule is CCN(CC)CCCN(CC)CCC(C)(CO)NC(C)C. The molecule has 128 valence electrons. The Balaban J connectivity index is 4.13. The minimum Gasteiger partial charge on any atom is -0.394 e. The summed E-state index contributed by atoms with van der Waals surface area (Å²) in [4.78, 5) is 4.98. The van der Waals surface area contributed by atoms with Gasteiger partial charge in [-0.25, -0.2) is 0 Å². The first-order valence-electron chi connectivity index (χ1n) is 8.74. The molecule has 4 nitrogen and oxygen atoms in total.